The number of hydrogen-bond acceptors (Lipinski definition) is 2. The summed E-state index contributed by atoms with van der Waals surface area (Å²) in [5.74, 6) is 0.282. The van der Waals surface area contributed by atoms with Crippen LogP contribution >= 0.6 is 0 Å². The van der Waals surface area contributed by atoms with E-state index in [9.17, 15) is 4.79 Å². The van der Waals surface area contributed by atoms with Crippen molar-refractivity contribution in [3.05, 3.63) is 30.1 Å². The molecule has 0 aliphatic carbocycles. The van der Waals surface area contributed by atoms with Gasteiger partial charge in [-0.25, -0.2) is 0 Å². The Labute approximate surface area is 97.3 Å². The average molecular weight is 220 g/mol. The largest absolute Gasteiger partial charge is 0.356 e. The number of pyridine rings is 1. The first-order valence-electron chi connectivity index (χ1n) is 5.90. The molecule has 0 spiro atoms. The van der Waals surface area contributed by atoms with Crippen molar-refractivity contribution in [1.29, 1.82) is 0 Å². The van der Waals surface area contributed by atoms with Crippen LogP contribution in [-0.2, 0) is 11.2 Å². The van der Waals surface area contributed by atoms with Crippen molar-refractivity contribution in [3.63, 3.8) is 0 Å². The number of nitrogens with one attached hydrogen (secondary N) is 1. The van der Waals surface area contributed by atoms with E-state index in [2.05, 4.69) is 17.2 Å². The van der Waals surface area contributed by atoms with Gasteiger partial charge in [-0.1, -0.05) is 26.3 Å². The molecule has 0 aromatic carbocycles. The van der Waals surface area contributed by atoms with E-state index in [1.807, 2.05) is 25.3 Å². The number of carbonyl (C=O) groups excluding carboxylic acids is 1. The summed E-state index contributed by atoms with van der Waals surface area (Å²) in [6.45, 7) is 4.76. The van der Waals surface area contributed by atoms with Crippen molar-refractivity contribution < 1.29 is 4.79 Å². The van der Waals surface area contributed by atoms with E-state index in [-0.39, 0.29) is 11.8 Å². The van der Waals surface area contributed by atoms with E-state index in [0.717, 1.165) is 24.8 Å². The SMILES string of the molecule is CCCC(C)C(=O)NCCc1cccnc1. The Morgan fingerprint density at radius 1 is 1.56 bits per heavy atom. The smallest absolute Gasteiger partial charge is 0.222 e. The van der Waals surface area contributed by atoms with Gasteiger partial charge in [0, 0.05) is 24.9 Å². The maximum Gasteiger partial charge on any atom is 0.222 e. The van der Waals surface area contributed by atoms with Crippen molar-refractivity contribution in [2.75, 3.05) is 6.54 Å². The van der Waals surface area contributed by atoms with Gasteiger partial charge in [-0.2, -0.15) is 0 Å². The monoisotopic (exact) mass is 220 g/mol. The van der Waals surface area contributed by atoms with Crippen LogP contribution in [0.15, 0.2) is 24.5 Å². The zero-order valence-corrected chi connectivity index (χ0v) is 10.1. The molecule has 1 amide bonds. The van der Waals surface area contributed by atoms with Gasteiger partial charge in [-0.15, -0.1) is 0 Å². The number of hydrogen-bond donors (Lipinski definition) is 1. The number of aromatic nitrogens is 1. The van der Waals surface area contributed by atoms with E-state index in [0.29, 0.717) is 6.54 Å². The van der Waals surface area contributed by atoms with Crippen LogP contribution in [0.4, 0.5) is 0 Å². The summed E-state index contributed by atoms with van der Waals surface area (Å²) in [5, 5.41) is 2.95. The lowest BCUT2D eigenvalue weighted by molar-refractivity contribution is -0.124. The summed E-state index contributed by atoms with van der Waals surface area (Å²) >= 11 is 0. The Hall–Kier alpha value is -1.38. The maximum atomic E-state index is 11.6. The van der Waals surface area contributed by atoms with Crippen LogP contribution < -0.4 is 5.32 Å². The highest BCUT2D eigenvalue weighted by Crippen LogP contribution is 2.04. The van der Waals surface area contributed by atoms with Gasteiger partial charge in [0.25, 0.3) is 0 Å². The van der Waals surface area contributed by atoms with Gasteiger partial charge < -0.3 is 5.32 Å². The second kappa shape index (κ2) is 6.99. The van der Waals surface area contributed by atoms with Gasteiger partial charge in [-0.3, -0.25) is 9.78 Å². The summed E-state index contributed by atoms with van der Waals surface area (Å²) in [7, 11) is 0. The van der Waals surface area contributed by atoms with E-state index < -0.39 is 0 Å². The van der Waals surface area contributed by atoms with Crippen molar-refractivity contribution >= 4 is 5.91 Å². The molecule has 0 radical (unpaired) electrons. The quantitative estimate of drug-likeness (QED) is 0.798. The Bertz CT molecular complexity index is 311. The van der Waals surface area contributed by atoms with E-state index in [1.165, 1.54) is 0 Å². The molecule has 1 aromatic rings. The third kappa shape index (κ3) is 4.43. The summed E-state index contributed by atoms with van der Waals surface area (Å²) < 4.78 is 0. The molecule has 1 atom stereocenters. The lowest BCUT2D eigenvalue weighted by atomic mass is 10.1. The minimum Gasteiger partial charge on any atom is -0.356 e. The highest BCUT2D eigenvalue weighted by atomic mass is 16.1. The average Bonchev–Trinajstić information content (AvgIpc) is 2.30. The lowest BCUT2D eigenvalue weighted by Gasteiger charge is -2.10. The Kier molecular flexibility index (Phi) is 5.54. The summed E-state index contributed by atoms with van der Waals surface area (Å²) in [4.78, 5) is 15.6. The number of amides is 1. The van der Waals surface area contributed by atoms with Crippen molar-refractivity contribution in [2.24, 2.45) is 5.92 Å². The van der Waals surface area contributed by atoms with Gasteiger partial charge in [0.2, 0.25) is 5.91 Å². The van der Waals surface area contributed by atoms with Gasteiger partial charge in [0.05, 0.1) is 0 Å². The van der Waals surface area contributed by atoms with Crippen molar-refractivity contribution in [3.8, 4) is 0 Å². The fourth-order valence-corrected chi connectivity index (χ4v) is 1.61. The Morgan fingerprint density at radius 3 is 3.00 bits per heavy atom. The van der Waals surface area contributed by atoms with Crippen LogP contribution in [0.1, 0.15) is 32.3 Å². The molecule has 0 bridgehead atoms. The zero-order valence-electron chi connectivity index (χ0n) is 10.1. The van der Waals surface area contributed by atoms with Gasteiger partial charge in [-0.05, 0) is 24.5 Å². The molecule has 3 nitrogen and oxygen atoms in total. The molecule has 1 unspecified atom stereocenters. The lowest BCUT2D eigenvalue weighted by Crippen LogP contribution is -2.30. The fraction of sp³-hybridized carbons (Fsp3) is 0.538. The van der Waals surface area contributed by atoms with E-state index in [4.69, 9.17) is 0 Å². The zero-order chi connectivity index (χ0) is 11.8. The molecular formula is C13H20N2O. The van der Waals surface area contributed by atoms with Crippen LogP contribution in [0, 0.1) is 5.92 Å². The molecule has 16 heavy (non-hydrogen) atoms. The standard InChI is InChI=1S/C13H20N2O/c1-3-5-11(2)13(16)15-9-7-12-6-4-8-14-10-12/h4,6,8,10-11H,3,5,7,9H2,1-2H3,(H,15,16). The normalized spacial score (nSPS) is 12.1. The van der Waals surface area contributed by atoms with Crippen molar-refractivity contribution in [1.82, 2.24) is 10.3 Å². The van der Waals surface area contributed by atoms with Gasteiger partial charge in [0.15, 0.2) is 0 Å². The highest BCUT2D eigenvalue weighted by molar-refractivity contribution is 5.78. The molecule has 0 fully saturated rings. The number of rotatable bonds is 6. The van der Waals surface area contributed by atoms with Crippen LogP contribution in [0.25, 0.3) is 0 Å². The number of nitrogens with zero attached hydrogens (tertiary/aromatic N) is 1. The fourth-order valence-electron chi connectivity index (χ4n) is 1.61. The van der Waals surface area contributed by atoms with E-state index in [1.54, 1.807) is 6.20 Å². The second-order valence-corrected chi connectivity index (χ2v) is 4.09. The highest BCUT2D eigenvalue weighted by Gasteiger charge is 2.10. The summed E-state index contributed by atoms with van der Waals surface area (Å²) in [5.41, 5.74) is 1.16. The van der Waals surface area contributed by atoms with Gasteiger partial charge in [0.1, 0.15) is 0 Å². The third-order valence-corrected chi connectivity index (χ3v) is 2.60. The van der Waals surface area contributed by atoms with Crippen LogP contribution in [0.3, 0.4) is 0 Å². The first-order chi connectivity index (χ1) is 7.74. The predicted octanol–water partition coefficient (Wildman–Crippen LogP) is 2.18. The molecule has 1 rings (SSSR count). The molecular weight excluding hydrogens is 200 g/mol. The number of carbonyl (C=O) groups is 1. The van der Waals surface area contributed by atoms with Crippen LogP contribution in [0.2, 0.25) is 0 Å². The Morgan fingerprint density at radius 2 is 2.38 bits per heavy atom. The van der Waals surface area contributed by atoms with Crippen LogP contribution in [-0.4, -0.2) is 17.4 Å². The molecule has 1 aromatic heterocycles. The minimum atomic E-state index is 0.124. The molecule has 0 saturated carbocycles. The minimum absolute atomic E-state index is 0.124. The van der Waals surface area contributed by atoms with Crippen LogP contribution in [0.5, 0.6) is 0 Å². The maximum absolute atomic E-state index is 11.6. The summed E-state index contributed by atoms with van der Waals surface area (Å²) in [6, 6.07) is 3.94. The topological polar surface area (TPSA) is 42.0 Å². The molecule has 3 heteroatoms. The molecule has 0 aliphatic rings. The third-order valence-electron chi connectivity index (χ3n) is 2.60. The Balaban J connectivity index is 2.23. The first kappa shape index (κ1) is 12.7. The predicted molar refractivity (Wildman–Crippen MR) is 65.0 cm³/mol. The molecule has 0 saturated heterocycles. The molecule has 0 aliphatic heterocycles. The van der Waals surface area contributed by atoms with Gasteiger partial charge >= 0.3 is 0 Å². The summed E-state index contributed by atoms with van der Waals surface area (Å²) in [6.07, 6.45) is 6.45. The first-order valence-corrected chi connectivity index (χ1v) is 5.90. The second-order valence-electron chi connectivity index (χ2n) is 4.09. The molecule has 1 N–H and O–H groups in total. The van der Waals surface area contributed by atoms with E-state index >= 15 is 0 Å². The van der Waals surface area contributed by atoms with Crippen molar-refractivity contribution in [2.45, 2.75) is 33.1 Å². The molecule has 88 valence electrons. The molecule has 1 heterocycles.